The lowest BCUT2D eigenvalue weighted by atomic mass is 10.2. The molecular formula is C16H19ClN4O3. The number of morpholine rings is 1. The number of likely N-dealkylation sites (N-methyl/N-ethyl adjacent to an activating group) is 1. The lowest BCUT2D eigenvalue weighted by Gasteiger charge is -2.28. The maximum Gasteiger partial charge on any atom is 0.238 e. The minimum absolute atomic E-state index is 0.0333. The van der Waals surface area contributed by atoms with Gasteiger partial charge in [0.2, 0.25) is 11.8 Å². The molecule has 1 fully saturated rings. The van der Waals surface area contributed by atoms with Gasteiger partial charge in [0.1, 0.15) is 6.07 Å². The van der Waals surface area contributed by atoms with Crippen molar-refractivity contribution < 1.29 is 14.3 Å². The van der Waals surface area contributed by atoms with Crippen LogP contribution in [0.25, 0.3) is 0 Å². The number of benzene rings is 1. The average molecular weight is 351 g/mol. The molecule has 1 aromatic rings. The quantitative estimate of drug-likeness (QED) is 0.854. The Kier molecular flexibility index (Phi) is 6.55. The Hall–Kier alpha value is -2.14. The summed E-state index contributed by atoms with van der Waals surface area (Å²) in [7, 11) is 1.70. The number of anilines is 1. The zero-order valence-corrected chi connectivity index (χ0v) is 14.2. The second-order valence-corrected chi connectivity index (χ2v) is 5.95. The molecule has 2 amide bonds. The monoisotopic (exact) mass is 350 g/mol. The van der Waals surface area contributed by atoms with Crippen LogP contribution in [0.4, 0.5) is 5.69 Å². The van der Waals surface area contributed by atoms with E-state index in [2.05, 4.69) is 5.32 Å². The van der Waals surface area contributed by atoms with E-state index < -0.39 is 0 Å². The first-order valence-corrected chi connectivity index (χ1v) is 7.91. The molecular weight excluding hydrogens is 332 g/mol. The molecule has 1 aromatic carbocycles. The van der Waals surface area contributed by atoms with Crippen LogP contribution in [0.3, 0.4) is 0 Å². The molecule has 0 bridgehead atoms. The molecule has 0 radical (unpaired) electrons. The van der Waals surface area contributed by atoms with Crippen molar-refractivity contribution in [1.29, 1.82) is 5.26 Å². The Bertz CT molecular complexity index is 653. The summed E-state index contributed by atoms with van der Waals surface area (Å²) in [6.45, 7) is 2.42. The predicted octanol–water partition coefficient (Wildman–Crippen LogP) is 0.941. The molecule has 0 unspecified atom stereocenters. The van der Waals surface area contributed by atoms with Crippen LogP contribution in [0.1, 0.15) is 5.56 Å². The molecule has 0 aromatic heterocycles. The Labute approximate surface area is 145 Å². The number of ether oxygens (including phenoxy) is 1. The zero-order valence-electron chi connectivity index (χ0n) is 13.4. The first-order valence-electron chi connectivity index (χ1n) is 7.53. The number of hydrogen-bond acceptors (Lipinski definition) is 5. The van der Waals surface area contributed by atoms with Crippen LogP contribution in [-0.2, 0) is 14.3 Å². The van der Waals surface area contributed by atoms with E-state index in [4.69, 9.17) is 21.6 Å². The molecule has 7 nitrogen and oxygen atoms in total. The lowest BCUT2D eigenvalue weighted by Crippen LogP contribution is -2.46. The van der Waals surface area contributed by atoms with E-state index in [-0.39, 0.29) is 24.9 Å². The number of carbonyl (C=O) groups excluding carboxylic acids is 2. The Balaban J connectivity index is 1.86. The minimum atomic E-state index is -0.314. The minimum Gasteiger partial charge on any atom is -0.378 e. The average Bonchev–Trinajstić information content (AvgIpc) is 2.55. The summed E-state index contributed by atoms with van der Waals surface area (Å²) < 4.78 is 5.21. The third-order valence-corrected chi connectivity index (χ3v) is 3.79. The number of nitrogens with zero attached hydrogens (tertiary/aromatic N) is 3. The van der Waals surface area contributed by atoms with Crippen molar-refractivity contribution in [3.8, 4) is 6.07 Å². The summed E-state index contributed by atoms with van der Waals surface area (Å²) in [5.74, 6) is -0.347. The van der Waals surface area contributed by atoms with Gasteiger partial charge in [-0.05, 0) is 25.2 Å². The van der Waals surface area contributed by atoms with Gasteiger partial charge in [-0.3, -0.25) is 14.5 Å². The molecule has 1 N–H and O–H groups in total. The zero-order chi connectivity index (χ0) is 17.5. The van der Waals surface area contributed by atoms with Crippen LogP contribution < -0.4 is 5.32 Å². The van der Waals surface area contributed by atoms with E-state index in [1.165, 1.54) is 6.07 Å². The first kappa shape index (κ1) is 18.2. The highest BCUT2D eigenvalue weighted by molar-refractivity contribution is 6.31. The fraction of sp³-hybridized carbons (Fsp3) is 0.438. The van der Waals surface area contributed by atoms with Gasteiger partial charge >= 0.3 is 0 Å². The smallest absolute Gasteiger partial charge is 0.238 e. The predicted molar refractivity (Wildman–Crippen MR) is 89.7 cm³/mol. The van der Waals surface area contributed by atoms with E-state index >= 15 is 0 Å². The van der Waals surface area contributed by atoms with Gasteiger partial charge in [-0.15, -0.1) is 0 Å². The molecule has 1 saturated heterocycles. The number of rotatable bonds is 5. The van der Waals surface area contributed by atoms with E-state index in [9.17, 15) is 9.59 Å². The standard InChI is InChI=1S/C16H19ClN4O3/c1-20(11-16(23)21-4-6-24-7-5-21)10-15(22)19-14-8-13(17)3-2-12(14)9-18/h2-3,8H,4-7,10-11H2,1H3,(H,19,22). The van der Waals surface area contributed by atoms with Crippen LogP contribution in [-0.4, -0.2) is 68.1 Å². The topological polar surface area (TPSA) is 85.7 Å². The van der Waals surface area contributed by atoms with E-state index in [0.717, 1.165) is 0 Å². The lowest BCUT2D eigenvalue weighted by molar-refractivity contribution is -0.136. The summed E-state index contributed by atoms with van der Waals surface area (Å²) >= 11 is 5.89. The van der Waals surface area contributed by atoms with Crippen LogP contribution >= 0.6 is 11.6 Å². The van der Waals surface area contributed by atoms with Gasteiger partial charge in [0.05, 0.1) is 37.6 Å². The Morgan fingerprint density at radius 3 is 2.75 bits per heavy atom. The summed E-state index contributed by atoms with van der Waals surface area (Å²) in [4.78, 5) is 27.6. The van der Waals surface area contributed by atoms with Gasteiger partial charge in [-0.25, -0.2) is 0 Å². The van der Waals surface area contributed by atoms with Crippen LogP contribution in [0.15, 0.2) is 18.2 Å². The number of nitrogens with one attached hydrogen (secondary N) is 1. The van der Waals surface area contributed by atoms with Crippen molar-refractivity contribution in [2.75, 3.05) is 51.8 Å². The fourth-order valence-corrected chi connectivity index (χ4v) is 2.52. The number of carbonyl (C=O) groups is 2. The van der Waals surface area contributed by atoms with Gasteiger partial charge in [0, 0.05) is 18.1 Å². The summed E-state index contributed by atoms with van der Waals surface area (Å²) in [5.41, 5.74) is 0.697. The van der Waals surface area contributed by atoms with E-state index in [1.54, 1.807) is 29.0 Å². The van der Waals surface area contributed by atoms with Crippen LogP contribution in [0.2, 0.25) is 5.02 Å². The van der Waals surface area contributed by atoms with Crippen LogP contribution in [0.5, 0.6) is 0 Å². The SMILES string of the molecule is CN(CC(=O)Nc1cc(Cl)ccc1C#N)CC(=O)N1CCOCC1. The number of nitriles is 1. The van der Waals surface area contributed by atoms with E-state index in [0.29, 0.717) is 42.6 Å². The fourth-order valence-electron chi connectivity index (χ4n) is 2.35. The molecule has 2 rings (SSSR count). The van der Waals surface area contributed by atoms with Crippen molar-refractivity contribution in [2.45, 2.75) is 0 Å². The second kappa shape index (κ2) is 8.64. The normalized spacial score (nSPS) is 14.3. The molecule has 24 heavy (non-hydrogen) atoms. The van der Waals surface area contributed by atoms with E-state index in [1.807, 2.05) is 6.07 Å². The molecule has 128 valence electrons. The Morgan fingerprint density at radius 2 is 2.08 bits per heavy atom. The second-order valence-electron chi connectivity index (χ2n) is 5.52. The van der Waals surface area contributed by atoms with Gasteiger partial charge in [0.25, 0.3) is 0 Å². The number of amides is 2. The molecule has 0 atom stereocenters. The highest BCUT2D eigenvalue weighted by Crippen LogP contribution is 2.20. The third-order valence-electron chi connectivity index (χ3n) is 3.56. The van der Waals surface area contributed by atoms with Gasteiger partial charge in [0.15, 0.2) is 0 Å². The molecule has 8 heteroatoms. The van der Waals surface area contributed by atoms with Gasteiger partial charge in [-0.2, -0.15) is 5.26 Å². The molecule has 1 aliphatic rings. The Morgan fingerprint density at radius 1 is 1.38 bits per heavy atom. The molecule has 1 heterocycles. The van der Waals surface area contributed by atoms with Crippen molar-refractivity contribution in [3.63, 3.8) is 0 Å². The van der Waals surface area contributed by atoms with Crippen molar-refractivity contribution in [3.05, 3.63) is 28.8 Å². The maximum atomic E-state index is 12.1. The summed E-state index contributed by atoms with van der Waals surface area (Å²) in [5, 5.41) is 12.1. The molecule has 0 saturated carbocycles. The number of halogens is 1. The van der Waals surface area contributed by atoms with Crippen molar-refractivity contribution >= 4 is 29.1 Å². The molecule has 1 aliphatic heterocycles. The van der Waals surface area contributed by atoms with Crippen molar-refractivity contribution in [1.82, 2.24) is 9.80 Å². The first-order chi connectivity index (χ1) is 11.5. The third kappa shape index (κ3) is 5.20. The van der Waals surface area contributed by atoms with Crippen LogP contribution in [0, 0.1) is 11.3 Å². The maximum absolute atomic E-state index is 12.1. The highest BCUT2D eigenvalue weighted by Gasteiger charge is 2.19. The van der Waals surface area contributed by atoms with Crippen molar-refractivity contribution in [2.24, 2.45) is 0 Å². The summed E-state index contributed by atoms with van der Waals surface area (Å²) in [6.07, 6.45) is 0. The molecule has 0 spiro atoms. The largest absolute Gasteiger partial charge is 0.378 e. The highest BCUT2D eigenvalue weighted by atomic mass is 35.5. The number of hydrogen-bond donors (Lipinski definition) is 1. The van der Waals surface area contributed by atoms with Gasteiger partial charge in [-0.1, -0.05) is 11.6 Å². The van der Waals surface area contributed by atoms with Gasteiger partial charge < -0.3 is 15.0 Å². The molecule has 0 aliphatic carbocycles. The summed E-state index contributed by atoms with van der Waals surface area (Å²) in [6, 6.07) is 6.65.